The number of nitrogen functional groups attached to an aromatic ring is 1. The largest absolute Gasteiger partial charge is 0.477 e. The summed E-state index contributed by atoms with van der Waals surface area (Å²) in [6.07, 6.45) is 1.39. The summed E-state index contributed by atoms with van der Waals surface area (Å²) < 4.78 is 0. The molecule has 0 aliphatic carbocycles. The fourth-order valence-corrected chi connectivity index (χ4v) is 1.05. The smallest absolute Gasteiger partial charge is 0.354 e. The number of rotatable bonds is 1. The molecule has 0 aliphatic rings. The number of anilines is 1. The first kappa shape index (κ1) is 7.53. The second kappa shape index (κ2) is 2.44. The van der Waals surface area contributed by atoms with Crippen molar-refractivity contribution in [2.24, 2.45) is 0 Å². The predicted molar refractivity (Wildman–Crippen MR) is 45.3 cm³/mol. The summed E-state index contributed by atoms with van der Waals surface area (Å²) in [5.74, 6) is -0.755. The number of aromatic carboxylic acids is 1. The van der Waals surface area contributed by atoms with E-state index in [0.717, 1.165) is 0 Å². The Morgan fingerprint density at radius 2 is 2.38 bits per heavy atom. The number of fused-ring (bicyclic) bond motifs is 1. The molecule has 2 aromatic heterocycles. The SMILES string of the molecule is Nc1n[nH]c2cc(C(=O)O)ncc12. The first-order valence-electron chi connectivity index (χ1n) is 3.51. The van der Waals surface area contributed by atoms with Gasteiger partial charge < -0.3 is 10.8 Å². The summed E-state index contributed by atoms with van der Waals surface area (Å²) in [5.41, 5.74) is 6.02. The lowest BCUT2D eigenvalue weighted by molar-refractivity contribution is 0.0690. The highest BCUT2D eigenvalue weighted by molar-refractivity contribution is 5.93. The number of H-pyrrole nitrogens is 1. The number of pyridine rings is 1. The van der Waals surface area contributed by atoms with Crippen molar-refractivity contribution in [1.29, 1.82) is 0 Å². The third-order valence-corrected chi connectivity index (χ3v) is 1.70. The minimum atomic E-state index is -1.07. The maximum atomic E-state index is 10.5. The van der Waals surface area contributed by atoms with Crippen LogP contribution in [0.2, 0.25) is 0 Å². The van der Waals surface area contributed by atoms with Gasteiger partial charge in [-0.25, -0.2) is 9.78 Å². The lowest BCUT2D eigenvalue weighted by Crippen LogP contribution is -1.99. The third kappa shape index (κ3) is 1.08. The Morgan fingerprint density at radius 1 is 1.62 bits per heavy atom. The maximum absolute atomic E-state index is 10.5. The zero-order chi connectivity index (χ0) is 9.42. The van der Waals surface area contributed by atoms with E-state index in [1.54, 1.807) is 0 Å². The molecule has 0 aromatic carbocycles. The minimum Gasteiger partial charge on any atom is -0.477 e. The molecule has 6 nitrogen and oxygen atoms in total. The summed E-state index contributed by atoms with van der Waals surface area (Å²) in [6.45, 7) is 0. The van der Waals surface area contributed by atoms with Crippen LogP contribution in [-0.4, -0.2) is 26.3 Å². The van der Waals surface area contributed by atoms with Gasteiger partial charge in [-0.05, 0) is 6.07 Å². The Hall–Kier alpha value is -2.11. The number of nitrogens with one attached hydrogen (secondary N) is 1. The van der Waals surface area contributed by atoms with Crippen molar-refractivity contribution in [2.75, 3.05) is 5.73 Å². The lowest BCUT2D eigenvalue weighted by atomic mass is 10.3. The van der Waals surface area contributed by atoms with Gasteiger partial charge in [-0.1, -0.05) is 0 Å². The van der Waals surface area contributed by atoms with Gasteiger partial charge in [-0.3, -0.25) is 5.10 Å². The molecule has 2 aromatic rings. The van der Waals surface area contributed by atoms with Gasteiger partial charge in [-0.15, -0.1) is 0 Å². The van der Waals surface area contributed by atoms with Crippen molar-refractivity contribution in [3.63, 3.8) is 0 Å². The average Bonchev–Trinajstić information content (AvgIpc) is 2.47. The number of nitrogens with zero attached hydrogens (tertiary/aromatic N) is 2. The van der Waals surface area contributed by atoms with Crippen molar-refractivity contribution in [1.82, 2.24) is 15.2 Å². The minimum absolute atomic E-state index is 0.0313. The van der Waals surface area contributed by atoms with Crippen LogP contribution in [0.25, 0.3) is 10.9 Å². The molecule has 4 N–H and O–H groups in total. The quantitative estimate of drug-likeness (QED) is 0.580. The molecule has 0 fully saturated rings. The van der Waals surface area contributed by atoms with Crippen molar-refractivity contribution in [2.45, 2.75) is 0 Å². The fraction of sp³-hybridized carbons (Fsp3) is 0. The van der Waals surface area contributed by atoms with Crippen LogP contribution in [0.4, 0.5) is 5.82 Å². The summed E-state index contributed by atoms with van der Waals surface area (Å²) >= 11 is 0. The molecule has 2 heterocycles. The Labute approximate surface area is 72.4 Å². The predicted octanol–water partition coefficient (Wildman–Crippen LogP) is 0.238. The van der Waals surface area contributed by atoms with Gasteiger partial charge in [0.25, 0.3) is 0 Å². The second-order valence-corrected chi connectivity index (χ2v) is 2.53. The molecule has 0 atom stereocenters. The van der Waals surface area contributed by atoms with E-state index in [2.05, 4.69) is 15.2 Å². The van der Waals surface area contributed by atoms with Crippen LogP contribution < -0.4 is 5.73 Å². The number of carboxylic acid groups (broad SMARTS) is 1. The Kier molecular flexibility index (Phi) is 1.42. The average molecular weight is 178 g/mol. The van der Waals surface area contributed by atoms with Gasteiger partial charge in [0.1, 0.15) is 5.69 Å². The van der Waals surface area contributed by atoms with Crippen LogP contribution in [-0.2, 0) is 0 Å². The van der Waals surface area contributed by atoms with E-state index in [1.807, 2.05) is 0 Å². The molecule has 0 bridgehead atoms. The van der Waals surface area contributed by atoms with Gasteiger partial charge in [0, 0.05) is 6.20 Å². The highest BCUT2D eigenvalue weighted by atomic mass is 16.4. The molecule has 0 amide bonds. The third-order valence-electron chi connectivity index (χ3n) is 1.70. The van der Waals surface area contributed by atoms with Gasteiger partial charge in [0.2, 0.25) is 0 Å². The molecule has 66 valence electrons. The number of hydrogen-bond donors (Lipinski definition) is 3. The van der Waals surface area contributed by atoms with E-state index in [9.17, 15) is 4.79 Å². The molecule has 0 aliphatic heterocycles. The van der Waals surface area contributed by atoms with E-state index in [1.165, 1.54) is 12.3 Å². The van der Waals surface area contributed by atoms with E-state index < -0.39 is 5.97 Å². The van der Waals surface area contributed by atoms with Gasteiger partial charge in [-0.2, -0.15) is 5.10 Å². The van der Waals surface area contributed by atoms with Crippen LogP contribution in [0.1, 0.15) is 10.5 Å². The van der Waals surface area contributed by atoms with E-state index in [-0.39, 0.29) is 5.69 Å². The van der Waals surface area contributed by atoms with Crippen molar-refractivity contribution in [3.05, 3.63) is 18.0 Å². The van der Waals surface area contributed by atoms with Crippen LogP contribution in [0, 0.1) is 0 Å². The number of aromatic nitrogens is 3. The van der Waals surface area contributed by atoms with E-state index >= 15 is 0 Å². The normalized spacial score (nSPS) is 10.5. The summed E-state index contributed by atoms with van der Waals surface area (Å²) in [7, 11) is 0. The standard InChI is InChI=1S/C7H6N4O2/c8-6-3-2-9-5(7(12)13)1-4(3)10-11-6/h1-2H,(H,12,13)(H3,8,10,11). The number of nitrogens with two attached hydrogens (primary N) is 1. The summed E-state index contributed by atoms with van der Waals surface area (Å²) in [6, 6.07) is 1.39. The Bertz CT molecular complexity index is 476. The van der Waals surface area contributed by atoms with Crippen molar-refractivity contribution in [3.8, 4) is 0 Å². The molecule has 0 spiro atoms. The maximum Gasteiger partial charge on any atom is 0.354 e. The first-order valence-corrected chi connectivity index (χ1v) is 3.51. The molecular weight excluding hydrogens is 172 g/mol. The van der Waals surface area contributed by atoms with Crippen LogP contribution in [0.3, 0.4) is 0 Å². The van der Waals surface area contributed by atoms with E-state index in [0.29, 0.717) is 16.7 Å². The van der Waals surface area contributed by atoms with Gasteiger partial charge in [0.15, 0.2) is 5.82 Å². The lowest BCUT2D eigenvalue weighted by Gasteiger charge is -1.92. The van der Waals surface area contributed by atoms with Crippen LogP contribution >= 0.6 is 0 Å². The molecule has 0 unspecified atom stereocenters. The van der Waals surface area contributed by atoms with Crippen molar-refractivity contribution >= 4 is 22.7 Å². The second-order valence-electron chi connectivity index (χ2n) is 2.53. The van der Waals surface area contributed by atoms with Crippen molar-refractivity contribution < 1.29 is 9.90 Å². The summed E-state index contributed by atoms with van der Waals surface area (Å²) in [4.78, 5) is 14.2. The molecule has 6 heteroatoms. The van der Waals surface area contributed by atoms with E-state index in [4.69, 9.17) is 10.8 Å². The van der Waals surface area contributed by atoms with Crippen LogP contribution in [0.5, 0.6) is 0 Å². The van der Waals surface area contributed by atoms with Gasteiger partial charge >= 0.3 is 5.97 Å². The number of carbonyl (C=O) groups is 1. The Balaban J connectivity index is 2.70. The number of carboxylic acids is 1. The highest BCUT2D eigenvalue weighted by Gasteiger charge is 2.08. The van der Waals surface area contributed by atoms with Crippen LogP contribution in [0.15, 0.2) is 12.3 Å². The number of aromatic amines is 1. The fourth-order valence-electron chi connectivity index (χ4n) is 1.05. The first-order chi connectivity index (χ1) is 6.18. The topological polar surface area (TPSA) is 105 Å². The molecule has 2 rings (SSSR count). The zero-order valence-corrected chi connectivity index (χ0v) is 6.48. The summed E-state index contributed by atoms with van der Waals surface area (Å²) in [5, 5.41) is 15.6. The molecule has 0 saturated carbocycles. The Morgan fingerprint density at radius 3 is 3.08 bits per heavy atom. The molecule has 0 saturated heterocycles. The zero-order valence-electron chi connectivity index (χ0n) is 6.48. The highest BCUT2D eigenvalue weighted by Crippen LogP contribution is 2.16. The monoisotopic (exact) mass is 178 g/mol. The molecule has 13 heavy (non-hydrogen) atoms. The molecular formula is C7H6N4O2. The molecule has 0 radical (unpaired) electrons. The number of hydrogen-bond acceptors (Lipinski definition) is 4. The van der Waals surface area contributed by atoms with Gasteiger partial charge in [0.05, 0.1) is 10.9 Å².